The zero-order valence-corrected chi connectivity index (χ0v) is 14.5. The molecule has 0 heterocycles. The highest BCUT2D eigenvalue weighted by Crippen LogP contribution is 2.29. The number of benzene rings is 1. The summed E-state index contributed by atoms with van der Waals surface area (Å²) in [5, 5.41) is 13.3. The van der Waals surface area contributed by atoms with Crippen molar-refractivity contribution in [2.75, 3.05) is 32.1 Å². The first-order valence-corrected chi connectivity index (χ1v) is 7.77. The van der Waals surface area contributed by atoms with Crippen LogP contribution < -0.4 is 5.32 Å². The van der Waals surface area contributed by atoms with Gasteiger partial charge in [-0.25, -0.2) is 0 Å². The van der Waals surface area contributed by atoms with Crippen molar-refractivity contribution >= 4 is 34.8 Å². The van der Waals surface area contributed by atoms with E-state index in [2.05, 4.69) is 5.32 Å². The van der Waals surface area contributed by atoms with Crippen molar-refractivity contribution in [2.24, 2.45) is 0 Å². The monoisotopic (exact) mass is 348 g/mol. The van der Waals surface area contributed by atoms with Crippen molar-refractivity contribution in [3.63, 3.8) is 0 Å². The Morgan fingerprint density at radius 2 is 1.95 bits per heavy atom. The summed E-state index contributed by atoms with van der Waals surface area (Å²) in [5.41, 5.74) is 0.396. The van der Waals surface area contributed by atoms with Gasteiger partial charge in [0.15, 0.2) is 0 Å². The van der Waals surface area contributed by atoms with E-state index in [1.807, 2.05) is 13.8 Å². The van der Waals surface area contributed by atoms with Crippen molar-refractivity contribution in [1.82, 2.24) is 4.90 Å². The van der Waals surface area contributed by atoms with Crippen LogP contribution in [0.2, 0.25) is 10.0 Å². The number of ether oxygens (including phenoxy) is 1. The normalized spacial score (nSPS) is 12.7. The van der Waals surface area contributed by atoms with Crippen LogP contribution in [0.5, 0.6) is 0 Å². The maximum atomic E-state index is 12.0. The number of para-hydroxylation sites is 1. The minimum atomic E-state index is -0.649. The molecule has 0 spiro atoms. The number of nitrogens with zero attached hydrogens (tertiary/aromatic N) is 1. The molecular weight excluding hydrogens is 327 g/mol. The average molecular weight is 349 g/mol. The van der Waals surface area contributed by atoms with Gasteiger partial charge in [-0.15, -0.1) is 0 Å². The summed E-state index contributed by atoms with van der Waals surface area (Å²) in [5.74, 6) is -0.255. The van der Waals surface area contributed by atoms with Crippen molar-refractivity contribution in [2.45, 2.75) is 26.1 Å². The first-order valence-electron chi connectivity index (χ1n) is 7.01. The van der Waals surface area contributed by atoms with Gasteiger partial charge in [-0.2, -0.15) is 0 Å². The zero-order valence-electron chi connectivity index (χ0n) is 13.0. The van der Waals surface area contributed by atoms with Gasteiger partial charge >= 0.3 is 0 Å². The number of carbonyl (C=O) groups excluding carboxylic acids is 1. The third-order valence-corrected chi connectivity index (χ3v) is 3.42. The van der Waals surface area contributed by atoms with E-state index in [0.29, 0.717) is 22.3 Å². The van der Waals surface area contributed by atoms with Crippen LogP contribution in [-0.2, 0) is 9.53 Å². The summed E-state index contributed by atoms with van der Waals surface area (Å²) in [4.78, 5) is 13.7. The minimum absolute atomic E-state index is 0.0608. The van der Waals surface area contributed by atoms with E-state index >= 15 is 0 Å². The van der Waals surface area contributed by atoms with Crippen LogP contribution >= 0.6 is 23.2 Å². The number of anilines is 1. The molecule has 22 heavy (non-hydrogen) atoms. The van der Waals surface area contributed by atoms with Crippen LogP contribution in [0, 0.1) is 0 Å². The third kappa shape index (κ3) is 6.94. The smallest absolute Gasteiger partial charge is 0.238 e. The Morgan fingerprint density at radius 1 is 1.36 bits per heavy atom. The highest BCUT2D eigenvalue weighted by molar-refractivity contribution is 6.39. The third-order valence-electron chi connectivity index (χ3n) is 2.79. The second kappa shape index (κ2) is 9.33. The van der Waals surface area contributed by atoms with Crippen molar-refractivity contribution in [3.05, 3.63) is 28.2 Å². The van der Waals surface area contributed by atoms with Gasteiger partial charge in [0.05, 0.1) is 41.1 Å². The van der Waals surface area contributed by atoms with Gasteiger partial charge in [0, 0.05) is 6.54 Å². The zero-order chi connectivity index (χ0) is 16.7. The first-order chi connectivity index (χ1) is 10.3. The summed E-state index contributed by atoms with van der Waals surface area (Å²) in [6.07, 6.45) is -0.588. The van der Waals surface area contributed by atoms with E-state index in [0.717, 1.165) is 0 Å². The predicted molar refractivity (Wildman–Crippen MR) is 89.7 cm³/mol. The molecule has 1 rings (SSSR count). The Morgan fingerprint density at radius 3 is 2.50 bits per heavy atom. The number of amides is 1. The molecule has 0 aliphatic rings. The number of carbonyl (C=O) groups is 1. The lowest BCUT2D eigenvalue weighted by Crippen LogP contribution is -2.37. The molecule has 2 N–H and O–H groups in total. The summed E-state index contributed by atoms with van der Waals surface area (Å²) < 4.78 is 5.32. The van der Waals surface area contributed by atoms with Crippen LogP contribution in [0.15, 0.2) is 18.2 Å². The van der Waals surface area contributed by atoms with Crippen molar-refractivity contribution < 1.29 is 14.6 Å². The standard InChI is InChI=1S/C15H22Cl2N2O3/c1-10(2)22-9-11(20)7-19(3)8-14(21)18-15-12(16)5-4-6-13(15)17/h4-6,10-11,20H,7-9H2,1-3H3,(H,18,21). The second-order valence-corrected chi connectivity index (χ2v) is 6.19. The average Bonchev–Trinajstić information content (AvgIpc) is 2.40. The van der Waals surface area contributed by atoms with E-state index in [1.165, 1.54) is 0 Å². The molecular formula is C15H22Cl2N2O3. The maximum Gasteiger partial charge on any atom is 0.238 e. The lowest BCUT2D eigenvalue weighted by molar-refractivity contribution is -0.117. The molecule has 1 aromatic rings. The molecule has 0 aliphatic heterocycles. The van der Waals surface area contributed by atoms with Crippen LogP contribution in [0.25, 0.3) is 0 Å². The van der Waals surface area contributed by atoms with Gasteiger partial charge in [0.1, 0.15) is 0 Å². The van der Waals surface area contributed by atoms with E-state index in [4.69, 9.17) is 27.9 Å². The van der Waals surface area contributed by atoms with Gasteiger partial charge in [0.25, 0.3) is 0 Å². The molecule has 0 aromatic heterocycles. The molecule has 124 valence electrons. The van der Waals surface area contributed by atoms with E-state index < -0.39 is 6.10 Å². The molecule has 7 heteroatoms. The highest BCUT2D eigenvalue weighted by atomic mass is 35.5. The highest BCUT2D eigenvalue weighted by Gasteiger charge is 2.14. The Bertz CT molecular complexity index is 477. The SMILES string of the molecule is CC(C)OCC(O)CN(C)CC(=O)Nc1c(Cl)cccc1Cl. The molecule has 5 nitrogen and oxygen atoms in total. The number of aliphatic hydroxyl groups excluding tert-OH is 1. The van der Waals surface area contributed by atoms with E-state index in [9.17, 15) is 9.90 Å². The van der Waals surface area contributed by atoms with Crippen molar-refractivity contribution in [1.29, 1.82) is 0 Å². The number of nitrogens with one attached hydrogen (secondary N) is 1. The second-order valence-electron chi connectivity index (χ2n) is 5.38. The summed E-state index contributed by atoms with van der Waals surface area (Å²) in [6, 6.07) is 5.01. The molecule has 0 saturated carbocycles. The van der Waals surface area contributed by atoms with Crippen LogP contribution in [0.3, 0.4) is 0 Å². The Balaban J connectivity index is 2.44. The minimum Gasteiger partial charge on any atom is -0.389 e. The Labute approximate surface area is 141 Å². The fourth-order valence-corrected chi connectivity index (χ4v) is 2.31. The van der Waals surface area contributed by atoms with Gasteiger partial charge in [0.2, 0.25) is 5.91 Å². The quantitative estimate of drug-likeness (QED) is 0.758. The van der Waals surface area contributed by atoms with Crippen molar-refractivity contribution in [3.8, 4) is 0 Å². The fourth-order valence-electron chi connectivity index (χ4n) is 1.82. The molecule has 1 aromatic carbocycles. The first kappa shape index (κ1) is 19.2. The van der Waals surface area contributed by atoms with Gasteiger partial charge < -0.3 is 15.2 Å². The summed E-state index contributed by atoms with van der Waals surface area (Å²) in [7, 11) is 1.74. The van der Waals surface area contributed by atoms with Crippen LogP contribution in [0.1, 0.15) is 13.8 Å². The number of hydrogen-bond acceptors (Lipinski definition) is 4. The molecule has 0 bridgehead atoms. The van der Waals surface area contributed by atoms with Gasteiger partial charge in [-0.3, -0.25) is 9.69 Å². The number of rotatable bonds is 8. The van der Waals surface area contributed by atoms with Gasteiger partial charge in [-0.05, 0) is 33.0 Å². The van der Waals surface area contributed by atoms with E-state index in [1.54, 1.807) is 30.1 Å². The van der Waals surface area contributed by atoms with Crippen LogP contribution in [-0.4, -0.2) is 54.9 Å². The number of aliphatic hydroxyl groups is 1. The lowest BCUT2D eigenvalue weighted by atomic mass is 10.3. The molecule has 1 unspecified atom stereocenters. The summed E-state index contributed by atoms with van der Waals surface area (Å²) in [6.45, 7) is 4.48. The number of hydrogen-bond donors (Lipinski definition) is 2. The van der Waals surface area contributed by atoms with E-state index in [-0.39, 0.29) is 25.2 Å². The molecule has 1 atom stereocenters. The Hall–Kier alpha value is -0.850. The van der Waals surface area contributed by atoms with Gasteiger partial charge in [-0.1, -0.05) is 29.3 Å². The largest absolute Gasteiger partial charge is 0.389 e. The molecule has 0 radical (unpaired) electrons. The molecule has 0 fully saturated rings. The summed E-state index contributed by atoms with van der Waals surface area (Å²) >= 11 is 12.0. The predicted octanol–water partition coefficient (Wildman–Crippen LogP) is 2.65. The fraction of sp³-hybridized carbons (Fsp3) is 0.533. The Kier molecular flexibility index (Phi) is 8.14. The lowest BCUT2D eigenvalue weighted by Gasteiger charge is -2.21. The topological polar surface area (TPSA) is 61.8 Å². The molecule has 1 amide bonds. The molecule has 0 aliphatic carbocycles. The van der Waals surface area contributed by atoms with Crippen LogP contribution in [0.4, 0.5) is 5.69 Å². The maximum absolute atomic E-state index is 12.0. The number of halogens is 2. The number of likely N-dealkylation sites (N-methyl/N-ethyl adjacent to an activating group) is 1. The molecule has 0 saturated heterocycles.